The summed E-state index contributed by atoms with van der Waals surface area (Å²) in [5.74, 6) is 0.0976. The summed E-state index contributed by atoms with van der Waals surface area (Å²) in [4.78, 5) is 25.0. The lowest BCUT2D eigenvalue weighted by molar-refractivity contribution is -0.136. The first kappa shape index (κ1) is 30.8. The van der Waals surface area contributed by atoms with Crippen LogP contribution in [0.5, 0.6) is 0 Å². The number of aryl methyl sites for hydroxylation is 1. The van der Waals surface area contributed by atoms with Gasteiger partial charge in [-0.05, 0) is 82.4 Å². The molecule has 3 aromatic rings. The number of carboxylic acids is 1. The van der Waals surface area contributed by atoms with Crippen molar-refractivity contribution in [3.05, 3.63) is 89.0 Å². The Morgan fingerprint density at radius 2 is 1.63 bits per heavy atom. The van der Waals surface area contributed by atoms with Gasteiger partial charge >= 0.3 is 5.97 Å². The van der Waals surface area contributed by atoms with E-state index in [9.17, 15) is 14.7 Å². The number of carbonyl (C=O) groups is 2. The zero-order valence-electron chi connectivity index (χ0n) is 24.9. The van der Waals surface area contributed by atoms with Gasteiger partial charge in [0.25, 0.3) is 5.91 Å². The van der Waals surface area contributed by atoms with Gasteiger partial charge in [-0.3, -0.25) is 15.0 Å². The number of amides is 1. The molecule has 41 heavy (non-hydrogen) atoms. The number of thioether (sulfide) groups is 1. The molecule has 1 aliphatic rings. The molecule has 2 unspecified atom stereocenters. The number of aliphatic carboxylic acids is 1. The lowest BCUT2D eigenvalue weighted by atomic mass is 9.86. The molecule has 0 radical (unpaired) electrons. The summed E-state index contributed by atoms with van der Waals surface area (Å²) in [6.07, 6.45) is 3.38. The fraction of sp³-hybridized carbons (Fsp3) is 0.412. The van der Waals surface area contributed by atoms with Gasteiger partial charge in [0.05, 0.1) is 6.42 Å². The second kappa shape index (κ2) is 13.7. The molecule has 3 aromatic carbocycles. The maximum absolute atomic E-state index is 12.5. The quantitative estimate of drug-likeness (QED) is 0.213. The van der Waals surface area contributed by atoms with E-state index in [-0.39, 0.29) is 29.8 Å². The first-order valence-corrected chi connectivity index (χ1v) is 15.6. The van der Waals surface area contributed by atoms with Gasteiger partial charge in [0.15, 0.2) is 0 Å². The number of nitrogens with zero attached hydrogens (tertiary/aromatic N) is 1. The average Bonchev–Trinajstić information content (AvgIpc) is 3.32. The minimum absolute atomic E-state index is 0.0169. The molecular formula is C34H43N3O3S. The number of rotatable bonds is 12. The predicted octanol–water partition coefficient (Wildman–Crippen LogP) is 6.56. The van der Waals surface area contributed by atoms with Crippen LogP contribution < -0.4 is 11.0 Å². The Morgan fingerprint density at radius 1 is 0.976 bits per heavy atom. The van der Waals surface area contributed by atoms with Crippen molar-refractivity contribution in [3.8, 4) is 11.1 Å². The number of benzene rings is 3. The van der Waals surface area contributed by atoms with Crippen LogP contribution in [0.3, 0.4) is 0 Å². The molecule has 1 amide bonds. The Bertz CT molecular complexity index is 1330. The van der Waals surface area contributed by atoms with Crippen LogP contribution in [-0.4, -0.2) is 39.8 Å². The van der Waals surface area contributed by atoms with Crippen molar-refractivity contribution in [1.29, 1.82) is 0 Å². The molecule has 0 aromatic heterocycles. The molecule has 0 bridgehead atoms. The molecule has 0 spiro atoms. The van der Waals surface area contributed by atoms with Crippen LogP contribution in [0.1, 0.15) is 69.7 Å². The zero-order valence-corrected chi connectivity index (χ0v) is 25.7. The smallest absolute Gasteiger partial charge is 0.307 e. The molecule has 1 heterocycles. The molecule has 0 aliphatic carbocycles. The summed E-state index contributed by atoms with van der Waals surface area (Å²) < 4.78 is 0. The van der Waals surface area contributed by atoms with E-state index >= 15 is 0 Å². The van der Waals surface area contributed by atoms with E-state index in [1.165, 1.54) is 16.7 Å². The van der Waals surface area contributed by atoms with Crippen molar-refractivity contribution in [2.45, 2.75) is 89.1 Å². The van der Waals surface area contributed by atoms with Gasteiger partial charge in [-0.2, -0.15) is 5.53 Å². The molecule has 0 saturated carbocycles. The minimum atomic E-state index is -0.819. The molecule has 7 heteroatoms. The second-order valence-electron chi connectivity index (χ2n) is 11.8. The van der Waals surface area contributed by atoms with Crippen LogP contribution in [0.2, 0.25) is 0 Å². The Hall–Kier alpha value is -3.13. The maximum atomic E-state index is 12.5. The third kappa shape index (κ3) is 8.00. The summed E-state index contributed by atoms with van der Waals surface area (Å²) in [5, 5.41) is 11.5. The van der Waals surface area contributed by atoms with Crippen LogP contribution in [-0.2, 0) is 34.3 Å². The molecule has 6 nitrogen and oxygen atoms in total. The first-order valence-electron chi connectivity index (χ1n) is 14.6. The summed E-state index contributed by atoms with van der Waals surface area (Å²) in [7, 11) is 0. The largest absolute Gasteiger partial charge is 0.481 e. The monoisotopic (exact) mass is 573 g/mol. The van der Waals surface area contributed by atoms with Gasteiger partial charge in [-0.15, -0.1) is 11.8 Å². The lowest BCUT2D eigenvalue weighted by Gasteiger charge is -2.30. The van der Waals surface area contributed by atoms with E-state index in [4.69, 9.17) is 0 Å². The van der Waals surface area contributed by atoms with Gasteiger partial charge in [-0.25, -0.2) is 5.01 Å². The Kier molecular flexibility index (Phi) is 10.3. The van der Waals surface area contributed by atoms with Crippen LogP contribution in [0.25, 0.3) is 11.1 Å². The van der Waals surface area contributed by atoms with E-state index in [0.717, 1.165) is 53.0 Å². The SMILES string of the molecule is CCSc1ccc(-c2ccc(CC(CCc3ccc(C(C)(C)C)cc3)N3NNC(=O)C3CC)cc2)cc1CC(=O)O. The van der Waals surface area contributed by atoms with Crippen molar-refractivity contribution in [2.75, 3.05) is 5.75 Å². The summed E-state index contributed by atoms with van der Waals surface area (Å²) in [5.41, 5.74) is 12.8. The second-order valence-corrected chi connectivity index (χ2v) is 13.1. The highest BCUT2D eigenvalue weighted by molar-refractivity contribution is 7.99. The fourth-order valence-corrected chi connectivity index (χ4v) is 6.23. The molecule has 2 atom stereocenters. The third-order valence-corrected chi connectivity index (χ3v) is 8.77. The fourth-order valence-electron chi connectivity index (χ4n) is 5.44. The summed E-state index contributed by atoms with van der Waals surface area (Å²) in [6.45, 7) is 10.8. The van der Waals surface area contributed by atoms with Crippen LogP contribution in [0.15, 0.2) is 71.6 Å². The van der Waals surface area contributed by atoms with Crippen molar-refractivity contribution in [3.63, 3.8) is 0 Å². The summed E-state index contributed by atoms with van der Waals surface area (Å²) >= 11 is 1.67. The van der Waals surface area contributed by atoms with E-state index < -0.39 is 5.97 Å². The van der Waals surface area contributed by atoms with Gasteiger partial charge in [0.2, 0.25) is 0 Å². The number of carbonyl (C=O) groups excluding carboxylic acids is 1. The van der Waals surface area contributed by atoms with Crippen molar-refractivity contribution >= 4 is 23.6 Å². The highest BCUT2D eigenvalue weighted by Gasteiger charge is 2.35. The van der Waals surface area contributed by atoms with Crippen molar-refractivity contribution < 1.29 is 14.7 Å². The highest BCUT2D eigenvalue weighted by atomic mass is 32.2. The van der Waals surface area contributed by atoms with E-state index in [1.54, 1.807) is 11.8 Å². The average molecular weight is 574 g/mol. The summed E-state index contributed by atoms with van der Waals surface area (Å²) in [6, 6.07) is 23.5. The van der Waals surface area contributed by atoms with E-state index in [0.29, 0.717) is 0 Å². The number of hydrazine groups is 2. The van der Waals surface area contributed by atoms with E-state index in [2.05, 4.69) is 98.3 Å². The first-order chi connectivity index (χ1) is 19.6. The topological polar surface area (TPSA) is 81.7 Å². The van der Waals surface area contributed by atoms with Gasteiger partial charge in [-0.1, -0.05) is 89.2 Å². The number of hydrogen-bond acceptors (Lipinski definition) is 5. The van der Waals surface area contributed by atoms with Crippen molar-refractivity contribution in [1.82, 2.24) is 16.0 Å². The molecule has 3 N–H and O–H groups in total. The molecule has 4 rings (SSSR count). The van der Waals surface area contributed by atoms with Crippen LogP contribution in [0, 0.1) is 0 Å². The molecule has 1 fully saturated rings. The van der Waals surface area contributed by atoms with Crippen LogP contribution >= 0.6 is 11.8 Å². The molecule has 1 saturated heterocycles. The van der Waals surface area contributed by atoms with Crippen LogP contribution in [0.4, 0.5) is 0 Å². The minimum Gasteiger partial charge on any atom is -0.481 e. The van der Waals surface area contributed by atoms with Gasteiger partial charge < -0.3 is 5.11 Å². The van der Waals surface area contributed by atoms with Crippen molar-refractivity contribution in [2.24, 2.45) is 0 Å². The predicted molar refractivity (Wildman–Crippen MR) is 168 cm³/mol. The third-order valence-electron chi connectivity index (χ3n) is 7.77. The maximum Gasteiger partial charge on any atom is 0.307 e. The number of carboxylic acid groups (broad SMARTS) is 1. The Balaban J connectivity index is 1.52. The molecule has 218 valence electrons. The van der Waals surface area contributed by atoms with Gasteiger partial charge in [0.1, 0.15) is 6.04 Å². The molecule has 1 aliphatic heterocycles. The van der Waals surface area contributed by atoms with Gasteiger partial charge in [0, 0.05) is 10.9 Å². The standard InChI is InChI=1S/C34H43N3O3S/c1-6-30-33(40)35-36-37(30)29(18-12-23-10-16-28(17-11-23)34(3,4)5)20-24-8-13-25(14-9-24)26-15-19-31(41-7-2)27(21-26)22-32(38)39/h8-11,13-17,19,21,29-30,36H,6-7,12,18,20,22H2,1-5H3,(H,35,40)(H,38,39). The Labute approximate surface area is 248 Å². The highest BCUT2D eigenvalue weighted by Crippen LogP contribution is 2.30. The Morgan fingerprint density at radius 3 is 2.24 bits per heavy atom. The normalized spacial score (nSPS) is 16.5. The van der Waals surface area contributed by atoms with E-state index in [1.807, 2.05) is 19.1 Å². The number of hydrogen-bond donors (Lipinski definition) is 3. The zero-order chi connectivity index (χ0) is 29.6. The molecular weight excluding hydrogens is 530 g/mol. The lowest BCUT2D eigenvalue weighted by Crippen LogP contribution is -2.48. The number of nitrogens with one attached hydrogen (secondary N) is 2.